The van der Waals surface area contributed by atoms with Gasteiger partial charge in [0.05, 0.1) is 0 Å². The van der Waals surface area contributed by atoms with Crippen LogP contribution in [0.2, 0.25) is 0 Å². The average Bonchev–Trinajstić information content (AvgIpc) is 2.76. The first-order valence-electron chi connectivity index (χ1n) is 7.21. The summed E-state index contributed by atoms with van der Waals surface area (Å²) in [5.41, 5.74) is 1.68. The predicted molar refractivity (Wildman–Crippen MR) is 80.9 cm³/mol. The van der Waals surface area contributed by atoms with E-state index in [9.17, 15) is 9.18 Å². The third kappa shape index (κ3) is 3.26. The van der Waals surface area contributed by atoms with Crippen LogP contribution in [0.15, 0.2) is 48.5 Å². The molecule has 0 aromatic heterocycles. The number of fused-ring (bicyclic) bond motifs is 1. The summed E-state index contributed by atoms with van der Waals surface area (Å²) in [6, 6.07) is 13.2. The lowest BCUT2D eigenvalue weighted by Gasteiger charge is -2.17. The Bertz CT molecular complexity index is 658. The van der Waals surface area contributed by atoms with E-state index in [0.717, 1.165) is 16.9 Å². The number of hydrogen-bond acceptors (Lipinski definition) is 3. The molecule has 22 heavy (non-hydrogen) atoms. The van der Waals surface area contributed by atoms with Crippen LogP contribution in [0.5, 0.6) is 5.75 Å². The standard InChI is InChI=1S/C17H17FN2O2/c18-13-7-5-12(6-8-13)11-20-17(21)16-14-3-1-2-4-15(14)22-10-9-19-16/h1-8,16,19H,9-11H2,(H,20,21). The molecule has 5 heteroatoms. The smallest absolute Gasteiger partial charge is 0.242 e. The minimum absolute atomic E-state index is 0.123. The van der Waals surface area contributed by atoms with Crippen LogP contribution in [0.4, 0.5) is 4.39 Å². The molecular formula is C17H17FN2O2. The van der Waals surface area contributed by atoms with Crippen molar-refractivity contribution in [3.8, 4) is 5.75 Å². The number of halogens is 1. The largest absolute Gasteiger partial charge is 0.492 e. The van der Waals surface area contributed by atoms with Gasteiger partial charge in [-0.3, -0.25) is 10.1 Å². The maximum Gasteiger partial charge on any atom is 0.242 e. The van der Waals surface area contributed by atoms with Gasteiger partial charge in [-0.25, -0.2) is 4.39 Å². The lowest BCUT2D eigenvalue weighted by atomic mass is 10.0. The highest BCUT2D eigenvalue weighted by atomic mass is 19.1. The monoisotopic (exact) mass is 300 g/mol. The first-order valence-corrected chi connectivity index (χ1v) is 7.21. The number of rotatable bonds is 3. The van der Waals surface area contributed by atoms with Gasteiger partial charge >= 0.3 is 0 Å². The molecule has 0 saturated carbocycles. The zero-order valence-electron chi connectivity index (χ0n) is 12.0. The van der Waals surface area contributed by atoms with Crippen LogP contribution in [0.1, 0.15) is 17.2 Å². The van der Waals surface area contributed by atoms with Crippen LogP contribution in [0.3, 0.4) is 0 Å². The molecule has 0 bridgehead atoms. The second-order valence-electron chi connectivity index (χ2n) is 5.12. The molecule has 4 nitrogen and oxygen atoms in total. The van der Waals surface area contributed by atoms with Gasteiger partial charge in [0.1, 0.15) is 24.2 Å². The molecule has 1 aliphatic heterocycles. The molecule has 0 fully saturated rings. The third-order valence-electron chi connectivity index (χ3n) is 3.58. The Morgan fingerprint density at radius 2 is 2.00 bits per heavy atom. The first kappa shape index (κ1) is 14.5. The molecule has 1 atom stereocenters. The fraction of sp³-hybridized carbons (Fsp3) is 0.235. The third-order valence-corrected chi connectivity index (χ3v) is 3.58. The summed E-state index contributed by atoms with van der Waals surface area (Å²) in [6.07, 6.45) is 0. The van der Waals surface area contributed by atoms with Crippen LogP contribution < -0.4 is 15.4 Å². The Kier molecular flexibility index (Phi) is 4.34. The Morgan fingerprint density at radius 3 is 2.82 bits per heavy atom. The minimum atomic E-state index is -0.445. The van der Waals surface area contributed by atoms with E-state index in [-0.39, 0.29) is 11.7 Å². The SMILES string of the molecule is O=C(NCc1ccc(F)cc1)C1NCCOc2ccccc21. The Balaban J connectivity index is 1.70. The lowest BCUT2D eigenvalue weighted by molar-refractivity contribution is -0.123. The van der Waals surface area contributed by atoms with Crippen LogP contribution in [-0.4, -0.2) is 19.1 Å². The maximum absolute atomic E-state index is 12.9. The van der Waals surface area contributed by atoms with Gasteiger partial charge in [-0.2, -0.15) is 0 Å². The minimum Gasteiger partial charge on any atom is -0.492 e. The van der Waals surface area contributed by atoms with Crippen LogP contribution in [0.25, 0.3) is 0 Å². The fourth-order valence-corrected chi connectivity index (χ4v) is 2.45. The molecule has 2 aromatic carbocycles. The summed E-state index contributed by atoms with van der Waals surface area (Å²) < 4.78 is 18.5. The van der Waals surface area contributed by atoms with E-state index in [1.54, 1.807) is 12.1 Å². The zero-order chi connectivity index (χ0) is 15.4. The van der Waals surface area contributed by atoms with E-state index < -0.39 is 6.04 Å². The van der Waals surface area contributed by atoms with E-state index in [1.807, 2.05) is 24.3 Å². The molecule has 0 aliphatic carbocycles. The second kappa shape index (κ2) is 6.58. The highest BCUT2D eigenvalue weighted by Crippen LogP contribution is 2.27. The number of para-hydroxylation sites is 1. The second-order valence-corrected chi connectivity index (χ2v) is 5.12. The predicted octanol–water partition coefficient (Wildman–Crippen LogP) is 2.17. The number of nitrogens with one attached hydrogen (secondary N) is 2. The fourth-order valence-electron chi connectivity index (χ4n) is 2.45. The number of carbonyl (C=O) groups excluding carboxylic acids is 1. The lowest BCUT2D eigenvalue weighted by Crippen LogP contribution is -2.37. The van der Waals surface area contributed by atoms with Gasteiger partial charge in [0.2, 0.25) is 5.91 Å². The van der Waals surface area contributed by atoms with Crippen LogP contribution >= 0.6 is 0 Å². The molecule has 0 spiro atoms. The van der Waals surface area contributed by atoms with E-state index in [4.69, 9.17) is 4.74 Å². The molecule has 1 amide bonds. The van der Waals surface area contributed by atoms with Crippen molar-refractivity contribution in [2.45, 2.75) is 12.6 Å². The normalized spacial score (nSPS) is 17.0. The van der Waals surface area contributed by atoms with Gasteiger partial charge in [0.15, 0.2) is 0 Å². The molecular weight excluding hydrogens is 283 g/mol. The topological polar surface area (TPSA) is 50.4 Å². The summed E-state index contributed by atoms with van der Waals surface area (Å²) in [5, 5.41) is 6.06. The van der Waals surface area contributed by atoms with E-state index in [0.29, 0.717) is 19.7 Å². The molecule has 2 N–H and O–H groups in total. The quantitative estimate of drug-likeness (QED) is 0.913. The van der Waals surface area contributed by atoms with Crippen LogP contribution in [0, 0.1) is 5.82 Å². The molecule has 0 radical (unpaired) electrons. The molecule has 1 unspecified atom stereocenters. The molecule has 1 aliphatic rings. The summed E-state index contributed by atoms with van der Waals surface area (Å²) in [6.45, 7) is 1.49. The summed E-state index contributed by atoms with van der Waals surface area (Å²) in [7, 11) is 0. The van der Waals surface area contributed by atoms with E-state index in [1.165, 1.54) is 12.1 Å². The number of ether oxygens (including phenoxy) is 1. The molecule has 1 heterocycles. The first-order chi connectivity index (χ1) is 10.7. The zero-order valence-corrected chi connectivity index (χ0v) is 12.0. The van der Waals surface area contributed by atoms with Crippen molar-refractivity contribution in [2.75, 3.05) is 13.2 Å². The van der Waals surface area contributed by atoms with Gasteiger partial charge < -0.3 is 10.1 Å². The van der Waals surface area contributed by atoms with Crippen molar-refractivity contribution >= 4 is 5.91 Å². The van der Waals surface area contributed by atoms with Crippen molar-refractivity contribution in [2.24, 2.45) is 0 Å². The summed E-state index contributed by atoms with van der Waals surface area (Å²) >= 11 is 0. The Labute approximate surface area is 128 Å². The van der Waals surface area contributed by atoms with Gasteiger partial charge in [-0.15, -0.1) is 0 Å². The van der Waals surface area contributed by atoms with Crippen LogP contribution in [-0.2, 0) is 11.3 Å². The number of benzene rings is 2. The van der Waals surface area contributed by atoms with Gasteiger partial charge in [0.25, 0.3) is 0 Å². The average molecular weight is 300 g/mol. The molecule has 114 valence electrons. The number of amides is 1. The number of hydrogen-bond donors (Lipinski definition) is 2. The highest BCUT2D eigenvalue weighted by Gasteiger charge is 2.25. The van der Waals surface area contributed by atoms with Crippen molar-refractivity contribution in [3.05, 3.63) is 65.5 Å². The highest BCUT2D eigenvalue weighted by molar-refractivity contribution is 5.84. The van der Waals surface area contributed by atoms with E-state index >= 15 is 0 Å². The van der Waals surface area contributed by atoms with Gasteiger partial charge in [0, 0.05) is 18.7 Å². The summed E-state index contributed by atoms with van der Waals surface area (Å²) in [5.74, 6) is 0.322. The Hall–Kier alpha value is -2.40. The molecule has 0 saturated heterocycles. The maximum atomic E-state index is 12.9. The van der Waals surface area contributed by atoms with Crippen molar-refractivity contribution in [1.82, 2.24) is 10.6 Å². The molecule has 2 aromatic rings. The van der Waals surface area contributed by atoms with Crippen molar-refractivity contribution < 1.29 is 13.9 Å². The molecule has 3 rings (SSSR count). The Morgan fingerprint density at radius 1 is 1.23 bits per heavy atom. The summed E-state index contributed by atoms with van der Waals surface area (Å²) in [4.78, 5) is 12.5. The van der Waals surface area contributed by atoms with Gasteiger partial charge in [-0.05, 0) is 23.8 Å². The van der Waals surface area contributed by atoms with Gasteiger partial charge in [-0.1, -0.05) is 30.3 Å². The van der Waals surface area contributed by atoms with Crippen molar-refractivity contribution in [3.63, 3.8) is 0 Å². The van der Waals surface area contributed by atoms with E-state index in [2.05, 4.69) is 10.6 Å². The van der Waals surface area contributed by atoms with Crippen molar-refractivity contribution in [1.29, 1.82) is 0 Å². The number of carbonyl (C=O) groups is 1.